The molecule has 0 atom stereocenters. The average molecular weight is 402 g/mol. The molecule has 2 heterocycles. The van der Waals surface area contributed by atoms with Crippen LogP contribution in [0.25, 0.3) is 22.4 Å². The molecule has 0 aliphatic rings. The van der Waals surface area contributed by atoms with Crippen molar-refractivity contribution >= 4 is 22.4 Å². The summed E-state index contributed by atoms with van der Waals surface area (Å²) in [5.41, 5.74) is 2.31. The van der Waals surface area contributed by atoms with Crippen LogP contribution >= 0.6 is 11.3 Å². The lowest BCUT2D eigenvalue weighted by molar-refractivity contribution is 0.102. The zero-order valence-corrected chi connectivity index (χ0v) is 16.5. The van der Waals surface area contributed by atoms with Gasteiger partial charge in [0.15, 0.2) is 5.13 Å². The van der Waals surface area contributed by atoms with E-state index in [2.05, 4.69) is 15.4 Å². The molecule has 0 aliphatic heterocycles. The van der Waals surface area contributed by atoms with Crippen molar-refractivity contribution in [2.24, 2.45) is 0 Å². The Morgan fingerprint density at radius 2 is 1.69 bits per heavy atom. The Morgan fingerprint density at radius 1 is 1.03 bits per heavy atom. The van der Waals surface area contributed by atoms with Crippen LogP contribution in [0.15, 0.2) is 77.0 Å². The van der Waals surface area contributed by atoms with Crippen LogP contribution < -0.4 is 10.9 Å². The van der Waals surface area contributed by atoms with Crippen LogP contribution in [0.1, 0.15) is 17.3 Å². The van der Waals surface area contributed by atoms with E-state index in [9.17, 15) is 9.59 Å². The van der Waals surface area contributed by atoms with Crippen LogP contribution in [0.4, 0.5) is 5.13 Å². The third kappa shape index (κ3) is 3.72. The Bertz CT molecular complexity index is 1190. The van der Waals surface area contributed by atoms with Crippen molar-refractivity contribution in [3.63, 3.8) is 0 Å². The monoisotopic (exact) mass is 402 g/mol. The number of hydrogen-bond donors (Lipinski definition) is 1. The van der Waals surface area contributed by atoms with E-state index in [0.29, 0.717) is 22.9 Å². The Balaban J connectivity index is 2.01. The first-order chi connectivity index (χ1) is 14.2. The SMILES string of the molecule is CCn1nc(-c2ccccc2)c(-c2ccccc2)c(C(=O)Nc2nccs2)c1=O. The third-order valence-electron chi connectivity index (χ3n) is 4.44. The molecule has 0 spiro atoms. The van der Waals surface area contributed by atoms with Gasteiger partial charge in [-0.15, -0.1) is 11.3 Å². The van der Waals surface area contributed by atoms with Crippen molar-refractivity contribution in [3.05, 3.63) is 88.2 Å². The average Bonchev–Trinajstić information content (AvgIpc) is 3.27. The summed E-state index contributed by atoms with van der Waals surface area (Å²) in [6.45, 7) is 2.18. The number of hydrogen-bond acceptors (Lipinski definition) is 5. The standard InChI is InChI=1S/C22H18N4O2S/c1-2-26-21(28)18(20(27)24-22-23-13-14-29-22)17(15-9-5-3-6-10-15)19(25-26)16-11-7-4-8-12-16/h3-14H,2H2,1H3,(H,23,24,27). The molecule has 6 nitrogen and oxygen atoms in total. The first kappa shape index (κ1) is 18.8. The van der Waals surface area contributed by atoms with Gasteiger partial charge >= 0.3 is 0 Å². The number of rotatable bonds is 5. The zero-order valence-electron chi connectivity index (χ0n) is 15.7. The van der Waals surface area contributed by atoms with Crippen LogP contribution in [0.5, 0.6) is 0 Å². The fourth-order valence-corrected chi connectivity index (χ4v) is 3.65. The summed E-state index contributed by atoms with van der Waals surface area (Å²) >= 11 is 1.30. The van der Waals surface area contributed by atoms with Gasteiger partial charge in [0.1, 0.15) is 5.56 Å². The molecule has 7 heteroatoms. The second kappa shape index (κ2) is 8.20. The van der Waals surface area contributed by atoms with Crippen LogP contribution in [-0.2, 0) is 6.54 Å². The van der Waals surface area contributed by atoms with E-state index in [0.717, 1.165) is 11.1 Å². The number of thiazole rings is 1. The summed E-state index contributed by atoms with van der Waals surface area (Å²) in [5, 5.41) is 9.54. The molecule has 0 saturated carbocycles. The normalized spacial score (nSPS) is 10.7. The fraction of sp³-hybridized carbons (Fsp3) is 0.0909. The number of carbonyl (C=O) groups excluding carboxylic acids is 1. The minimum atomic E-state index is -0.495. The number of benzene rings is 2. The number of aromatic nitrogens is 3. The second-order valence-corrected chi connectivity index (χ2v) is 7.14. The van der Waals surface area contributed by atoms with Crippen molar-refractivity contribution in [2.45, 2.75) is 13.5 Å². The summed E-state index contributed by atoms with van der Waals surface area (Å²) in [6, 6.07) is 18.9. The lowest BCUT2D eigenvalue weighted by Gasteiger charge is -2.16. The molecular formula is C22H18N4O2S. The molecule has 0 fully saturated rings. The van der Waals surface area contributed by atoms with Crippen molar-refractivity contribution < 1.29 is 4.79 Å². The summed E-state index contributed by atoms with van der Waals surface area (Å²) in [7, 11) is 0. The molecule has 1 N–H and O–H groups in total. The molecule has 29 heavy (non-hydrogen) atoms. The van der Waals surface area contributed by atoms with Crippen LogP contribution in [0, 0.1) is 0 Å². The summed E-state index contributed by atoms with van der Waals surface area (Å²) < 4.78 is 1.32. The highest BCUT2D eigenvalue weighted by Crippen LogP contribution is 2.32. The number of amides is 1. The third-order valence-corrected chi connectivity index (χ3v) is 5.13. The Morgan fingerprint density at radius 3 is 2.28 bits per heavy atom. The van der Waals surface area contributed by atoms with E-state index < -0.39 is 11.5 Å². The van der Waals surface area contributed by atoms with E-state index in [1.165, 1.54) is 16.0 Å². The van der Waals surface area contributed by atoms with Gasteiger partial charge in [0.05, 0.1) is 5.69 Å². The summed E-state index contributed by atoms with van der Waals surface area (Å²) in [6.07, 6.45) is 1.60. The van der Waals surface area contributed by atoms with Gasteiger partial charge in [-0.1, -0.05) is 60.7 Å². The maximum absolute atomic E-state index is 13.2. The Kier molecular flexibility index (Phi) is 5.31. The minimum Gasteiger partial charge on any atom is -0.298 e. The molecule has 144 valence electrons. The highest BCUT2D eigenvalue weighted by molar-refractivity contribution is 7.13. The van der Waals surface area contributed by atoms with Gasteiger partial charge in [-0.3, -0.25) is 14.9 Å². The highest BCUT2D eigenvalue weighted by Gasteiger charge is 2.25. The predicted molar refractivity (Wildman–Crippen MR) is 115 cm³/mol. The van der Waals surface area contributed by atoms with Gasteiger partial charge in [0, 0.05) is 29.2 Å². The van der Waals surface area contributed by atoms with Crippen molar-refractivity contribution in [1.29, 1.82) is 0 Å². The first-order valence-electron chi connectivity index (χ1n) is 9.16. The van der Waals surface area contributed by atoms with E-state index in [1.807, 2.05) is 67.6 Å². The van der Waals surface area contributed by atoms with Crippen LogP contribution in [-0.4, -0.2) is 20.7 Å². The molecule has 0 radical (unpaired) electrons. The lowest BCUT2D eigenvalue weighted by atomic mass is 9.95. The summed E-state index contributed by atoms with van der Waals surface area (Å²) in [4.78, 5) is 30.5. The Labute approximate surface area is 171 Å². The first-order valence-corrected chi connectivity index (χ1v) is 10.0. The molecule has 4 aromatic rings. The smallest absolute Gasteiger partial charge is 0.280 e. The quantitative estimate of drug-likeness (QED) is 0.540. The maximum Gasteiger partial charge on any atom is 0.280 e. The second-order valence-electron chi connectivity index (χ2n) is 6.24. The van der Waals surface area contributed by atoms with Crippen molar-refractivity contribution in [1.82, 2.24) is 14.8 Å². The van der Waals surface area contributed by atoms with Gasteiger partial charge in [0.25, 0.3) is 11.5 Å². The zero-order chi connectivity index (χ0) is 20.2. The summed E-state index contributed by atoms with van der Waals surface area (Å²) in [5.74, 6) is -0.495. The molecule has 0 bridgehead atoms. The highest BCUT2D eigenvalue weighted by atomic mass is 32.1. The lowest BCUT2D eigenvalue weighted by Crippen LogP contribution is -2.32. The molecule has 0 aliphatic carbocycles. The molecule has 0 saturated heterocycles. The van der Waals surface area contributed by atoms with Crippen LogP contribution in [0.3, 0.4) is 0 Å². The molecule has 1 amide bonds. The predicted octanol–water partition coefficient (Wildman–Crippen LogP) is 4.31. The topological polar surface area (TPSA) is 76.9 Å². The number of nitrogens with one attached hydrogen (secondary N) is 1. The van der Waals surface area contributed by atoms with Gasteiger partial charge in [-0.25, -0.2) is 9.67 Å². The van der Waals surface area contributed by atoms with E-state index in [1.54, 1.807) is 11.6 Å². The van der Waals surface area contributed by atoms with Crippen LogP contribution in [0.2, 0.25) is 0 Å². The maximum atomic E-state index is 13.2. The van der Waals surface area contributed by atoms with Crippen molar-refractivity contribution in [2.75, 3.05) is 5.32 Å². The van der Waals surface area contributed by atoms with E-state index in [-0.39, 0.29) is 5.56 Å². The van der Waals surface area contributed by atoms with Crippen molar-refractivity contribution in [3.8, 4) is 22.4 Å². The number of carbonyl (C=O) groups is 1. The number of aryl methyl sites for hydroxylation is 1. The van der Waals surface area contributed by atoms with Gasteiger partial charge < -0.3 is 0 Å². The van der Waals surface area contributed by atoms with Gasteiger partial charge in [-0.05, 0) is 12.5 Å². The van der Waals surface area contributed by atoms with Gasteiger partial charge in [0.2, 0.25) is 0 Å². The van der Waals surface area contributed by atoms with E-state index in [4.69, 9.17) is 0 Å². The largest absolute Gasteiger partial charge is 0.298 e. The van der Waals surface area contributed by atoms with Gasteiger partial charge in [-0.2, -0.15) is 5.10 Å². The molecule has 2 aromatic carbocycles. The number of anilines is 1. The Hall–Kier alpha value is -3.58. The fourth-order valence-electron chi connectivity index (χ4n) is 3.12. The molecule has 0 unspecified atom stereocenters. The minimum absolute atomic E-state index is 0.0575. The molecule has 2 aromatic heterocycles. The molecular weight excluding hydrogens is 384 g/mol. The van der Waals surface area contributed by atoms with E-state index >= 15 is 0 Å². The molecule has 4 rings (SSSR count). The number of nitrogens with zero attached hydrogens (tertiary/aromatic N) is 3.